The molecule has 2 fully saturated rings. The molecule has 1 amide bonds. The van der Waals surface area contributed by atoms with E-state index in [1.54, 1.807) is 6.92 Å². The fourth-order valence-electron chi connectivity index (χ4n) is 4.07. The van der Waals surface area contributed by atoms with Crippen molar-refractivity contribution in [2.45, 2.75) is 58.0 Å². The summed E-state index contributed by atoms with van der Waals surface area (Å²) in [6.45, 7) is 5.45. The van der Waals surface area contributed by atoms with Gasteiger partial charge in [-0.25, -0.2) is 4.98 Å². The van der Waals surface area contributed by atoms with Crippen LogP contribution in [0.15, 0.2) is 29.3 Å². The largest absolute Gasteiger partial charge is 0.387 e. The highest BCUT2D eigenvalue weighted by molar-refractivity contribution is 6.07. The van der Waals surface area contributed by atoms with Gasteiger partial charge in [0.25, 0.3) is 5.91 Å². The van der Waals surface area contributed by atoms with E-state index in [1.165, 1.54) is 19.3 Å². The molecular formula is C22H29N5O. The van der Waals surface area contributed by atoms with Crippen molar-refractivity contribution in [3.63, 3.8) is 0 Å². The van der Waals surface area contributed by atoms with Gasteiger partial charge in [0.1, 0.15) is 11.7 Å². The van der Waals surface area contributed by atoms with Crippen LogP contribution in [0.1, 0.15) is 54.9 Å². The van der Waals surface area contributed by atoms with Gasteiger partial charge in [-0.15, -0.1) is 0 Å². The minimum Gasteiger partial charge on any atom is -0.387 e. The Labute approximate surface area is 166 Å². The lowest BCUT2D eigenvalue weighted by Gasteiger charge is -2.38. The molecule has 1 saturated carbocycles. The second-order valence-corrected chi connectivity index (χ2v) is 8.17. The van der Waals surface area contributed by atoms with E-state index < -0.39 is 0 Å². The number of aromatic nitrogens is 1. The number of aliphatic imine (C=N–C) groups is 1. The first-order valence-corrected chi connectivity index (χ1v) is 10.3. The highest BCUT2D eigenvalue weighted by Crippen LogP contribution is 2.28. The first kappa shape index (κ1) is 18.9. The lowest BCUT2D eigenvalue weighted by Crippen LogP contribution is -2.48. The molecule has 0 bridgehead atoms. The molecule has 0 unspecified atom stereocenters. The smallest absolute Gasteiger partial charge is 0.282 e. The molecule has 1 aromatic heterocycles. The summed E-state index contributed by atoms with van der Waals surface area (Å²) in [5, 5.41) is 4.73. The molecule has 0 spiro atoms. The van der Waals surface area contributed by atoms with Gasteiger partial charge in [-0.3, -0.25) is 4.79 Å². The van der Waals surface area contributed by atoms with E-state index in [0.29, 0.717) is 17.6 Å². The molecule has 0 atom stereocenters. The number of hydrogen-bond donors (Lipinski definition) is 2. The van der Waals surface area contributed by atoms with E-state index in [4.69, 9.17) is 10.7 Å². The third-order valence-electron chi connectivity index (χ3n) is 5.83. The van der Waals surface area contributed by atoms with Crippen molar-refractivity contribution < 1.29 is 4.79 Å². The molecule has 6 heteroatoms. The minimum absolute atomic E-state index is 0.267. The lowest BCUT2D eigenvalue weighted by atomic mass is 9.91. The Hall–Kier alpha value is -2.47. The Morgan fingerprint density at radius 1 is 1.18 bits per heavy atom. The molecule has 1 aromatic carbocycles. The van der Waals surface area contributed by atoms with Crippen molar-refractivity contribution in [3.05, 3.63) is 35.4 Å². The molecule has 1 aliphatic heterocycles. The quantitative estimate of drug-likeness (QED) is 0.630. The Morgan fingerprint density at radius 2 is 1.89 bits per heavy atom. The van der Waals surface area contributed by atoms with Crippen molar-refractivity contribution in [2.24, 2.45) is 10.7 Å². The molecule has 0 radical (unpaired) electrons. The number of hydrogen-bond acceptors (Lipinski definition) is 4. The van der Waals surface area contributed by atoms with Crippen LogP contribution in [0.2, 0.25) is 0 Å². The first-order chi connectivity index (χ1) is 13.5. The van der Waals surface area contributed by atoms with E-state index in [2.05, 4.69) is 27.3 Å². The fourth-order valence-corrected chi connectivity index (χ4v) is 4.07. The van der Waals surface area contributed by atoms with Crippen LogP contribution in [0, 0.1) is 6.92 Å². The van der Waals surface area contributed by atoms with Crippen LogP contribution in [0.3, 0.4) is 0 Å². The van der Waals surface area contributed by atoms with Gasteiger partial charge in [0.15, 0.2) is 0 Å². The molecule has 4 rings (SSSR count). The van der Waals surface area contributed by atoms with Crippen molar-refractivity contribution in [2.75, 3.05) is 18.0 Å². The number of nitrogens with zero attached hydrogens (tertiary/aromatic N) is 3. The van der Waals surface area contributed by atoms with Gasteiger partial charge in [0.05, 0.1) is 11.1 Å². The van der Waals surface area contributed by atoms with E-state index in [9.17, 15) is 4.79 Å². The molecule has 3 N–H and O–H groups in total. The van der Waals surface area contributed by atoms with Crippen LogP contribution in [0.4, 0.5) is 5.82 Å². The van der Waals surface area contributed by atoms with Crippen molar-refractivity contribution in [1.29, 1.82) is 0 Å². The van der Waals surface area contributed by atoms with Gasteiger partial charge in [0.2, 0.25) is 0 Å². The number of fused-ring (bicyclic) bond motifs is 1. The monoisotopic (exact) mass is 379 g/mol. The number of pyridine rings is 1. The number of amidine groups is 1. The predicted molar refractivity (Wildman–Crippen MR) is 114 cm³/mol. The SMILES string of the molecule is CC(N)=NC(=O)c1cc2cc(C)ccc2nc1N1CCC(NC2CCC2)CC1. The van der Waals surface area contributed by atoms with Crippen molar-refractivity contribution in [3.8, 4) is 0 Å². The summed E-state index contributed by atoms with van der Waals surface area (Å²) in [6.07, 6.45) is 6.10. The highest BCUT2D eigenvalue weighted by atomic mass is 16.1. The van der Waals surface area contributed by atoms with Gasteiger partial charge in [-0.05, 0) is 57.7 Å². The first-order valence-electron chi connectivity index (χ1n) is 10.3. The third-order valence-corrected chi connectivity index (χ3v) is 5.83. The van der Waals surface area contributed by atoms with Crippen LogP contribution in [-0.4, -0.2) is 41.9 Å². The molecule has 148 valence electrons. The summed E-state index contributed by atoms with van der Waals surface area (Å²) in [4.78, 5) is 23.8. The Balaban J connectivity index is 1.62. The highest BCUT2D eigenvalue weighted by Gasteiger charge is 2.27. The normalized spacial score (nSPS) is 19.1. The molecular weight excluding hydrogens is 350 g/mol. The van der Waals surface area contributed by atoms with Gasteiger partial charge in [-0.1, -0.05) is 18.1 Å². The second kappa shape index (κ2) is 7.87. The van der Waals surface area contributed by atoms with Crippen molar-refractivity contribution in [1.82, 2.24) is 10.3 Å². The maximum atomic E-state index is 12.8. The van der Waals surface area contributed by atoms with E-state index in [1.807, 2.05) is 19.1 Å². The standard InChI is InChI=1S/C22H29N5O/c1-14-6-7-20-16(12-14)13-19(22(28)24-15(2)23)21(26-20)27-10-8-18(9-11-27)25-17-4-3-5-17/h6-7,12-13,17-18,25H,3-5,8-11H2,1-2H3,(H2,23,24,28). The van der Waals surface area contributed by atoms with Gasteiger partial charge in [-0.2, -0.15) is 4.99 Å². The second-order valence-electron chi connectivity index (χ2n) is 8.17. The van der Waals surface area contributed by atoms with Gasteiger partial charge < -0.3 is 16.0 Å². The number of piperidine rings is 1. The van der Waals surface area contributed by atoms with Crippen LogP contribution < -0.4 is 16.0 Å². The lowest BCUT2D eigenvalue weighted by molar-refractivity contribution is 0.100. The van der Waals surface area contributed by atoms with E-state index >= 15 is 0 Å². The zero-order valence-electron chi connectivity index (χ0n) is 16.7. The average Bonchev–Trinajstić information content (AvgIpc) is 2.63. The van der Waals surface area contributed by atoms with Crippen LogP contribution >= 0.6 is 0 Å². The molecule has 2 aromatic rings. The number of anilines is 1. The number of carbonyl (C=O) groups is 1. The maximum Gasteiger partial charge on any atom is 0.282 e. The van der Waals surface area contributed by atoms with Crippen molar-refractivity contribution >= 4 is 28.5 Å². The summed E-state index contributed by atoms with van der Waals surface area (Å²) in [6, 6.07) is 9.31. The average molecular weight is 380 g/mol. The molecule has 28 heavy (non-hydrogen) atoms. The van der Waals surface area contributed by atoms with Crippen LogP contribution in [-0.2, 0) is 0 Å². The Bertz CT molecular complexity index is 907. The zero-order chi connectivity index (χ0) is 19.7. The van der Waals surface area contributed by atoms with Crippen LogP contribution in [0.5, 0.6) is 0 Å². The number of benzene rings is 1. The van der Waals surface area contributed by atoms with E-state index in [-0.39, 0.29) is 11.7 Å². The summed E-state index contributed by atoms with van der Waals surface area (Å²) in [5.74, 6) is 0.678. The zero-order valence-corrected chi connectivity index (χ0v) is 16.7. The molecule has 1 aliphatic carbocycles. The summed E-state index contributed by atoms with van der Waals surface area (Å²) < 4.78 is 0. The van der Waals surface area contributed by atoms with Gasteiger partial charge in [0, 0.05) is 30.6 Å². The number of aryl methyl sites for hydroxylation is 1. The minimum atomic E-state index is -0.319. The van der Waals surface area contributed by atoms with Crippen LogP contribution in [0.25, 0.3) is 10.9 Å². The van der Waals surface area contributed by atoms with Gasteiger partial charge >= 0.3 is 0 Å². The summed E-state index contributed by atoms with van der Waals surface area (Å²) >= 11 is 0. The summed E-state index contributed by atoms with van der Waals surface area (Å²) in [7, 11) is 0. The molecule has 6 nitrogen and oxygen atoms in total. The fraction of sp³-hybridized carbons (Fsp3) is 0.500. The number of carbonyl (C=O) groups excluding carboxylic acids is 1. The number of nitrogens with two attached hydrogens (primary N) is 1. The van der Waals surface area contributed by atoms with E-state index in [0.717, 1.165) is 48.2 Å². The maximum absolute atomic E-state index is 12.8. The third kappa shape index (κ3) is 4.02. The number of rotatable bonds is 4. The summed E-state index contributed by atoms with van der Waals surface area (Å²) in [5.41, 5.74) is 8.25. The molecule has 2 aliphatic rings. The number of nitrogens with one attached hydrogen (secondary N) is 1. The topological polar surface area (TPSA) is 83.6 Å². The molecule has 2 heterocycles. The Kier molecular flexibility index (Phi) is 5.31. The molecule has 1 saturated heterocycles. The predicted octanol–water partition coefficient (Wildman–Crippen LogP) is 3.17. The number of amides is 1. The Morgan fingerprint density at radius 3 is 2.54 bits per heavy atom.